The van der Waals surface area contributed by atoms with Gasteiger partial charge in [0.1, 0.15) is 0 Å². The number of hydrogen-bond donors (Lipinski definition) is 1. The van der Waals surface area contributed by atoms with Crippen molar-refractivity contribution in [2.24, 2.45) is 0 Å². The molecule has 0 aliphatic heterocycles. The lowest BCUT2D eigenvalue weighted by Crippen LogP contribution is -2.32. The Labute approximate surface area is 222 Å². The van der Waals surface area contributed by atoms with Crippen LogP contribution in [-0.2, 0) is 24.4 Å². The van der Waals surface area contributed by atoms with Gasteiger partial charge in [-0.25, -0.2) is 4.98 Å². The summed E-state index contributed by atoms with van der Waals surface area (Å²) in [5.74, 6) is -0.370. The Bertz CT molecular complexity index is 1570. The fraction of sp³-hybridized carbons (Fsp3) is 0.143. The van der Waals surface area contributed by atoms with Crippen LogP contribution in [0.1, 0.15) is 32.7 Å². The minimum Gasteiger partial charge on any atom is -0.392 e. The van der Waals surface area contributed by atoms with Crippen molar-refractivity contribution in [2.45, 2.75) is 26.5 Å². The van der Waals surface area contributed by atoms with E-state index in [9.17, 15) is 14.7 Å². The molecule has 7 nitrogen and oxygen atoms in total. The van der Waals surface area contributed by atoms with Gasteiger partial charge < -0.3 is 5.11 Å². The third kappa shape index (κ3) is 5.04. The maximum Gasteiger partial charge on any atom is 0.262 e. The van der Waals surface area contributed by atoms with Crippen molar-refractivity contribution < 1.29 is 14.7 Å². The number of rotatable bonds is 7. The van der Waals surface area contributed by atoms with Gasteiger partial charge in [0, 0.05) is 45.6 Å². The normalized spacial score (nSPS) is 11.1. The van der Waals surface area contributed by atoms with Gasteiger partial charge in [-0.3, -0.25) is 24.0 Å². The standard InChI is InChI=1S/C28H23ClN4O3S/c1-18-23(15-26(35)32(28-31-12-13-37-28)16-19-8-10-30-11-9-19)24-14-20(17-34)2-7-25(24)33(18)27(36)21-3-5-22(29)6-4-21/h2-14,34H,15-17H2,1H3. The Kier molecular flexibility index (Phi) is 7.14. The average Bonchev–Trinajstić information content (AvgIpc) is 3.54. The highest BCUT2D eigenvalue weighted by Crippen LogP contribution is 2.30. The summed E-state index contributed by atoms with van der Waals surface area (Å²) in [7, 11) is 0. The molecule has 0 bridgehead atoms. The molecule has 5 rings (SSSR count). The van der Waals surface area contributed by atoms with Crippen LogP contribution in [0.15, 0.2) is 78.6 Å². The van der Waals surface area contributed by atoms with E-state index in [2.05, 4.69) is 9.97 Å². The first-order chi connectivity index (χ1) is 18.0. The maximum atomic E-state index is 13.8. The molecular weight excluding hydrogens is 508 g/mol. The highest BCUT2D eigenvalue weighted by molar-refractivity contribution is 7.13. The summed E-state index contributed by atoms with van der Waals surface area (Å²) in [5, 5.41) is 13.5. The molecule has 186 valence electrons. The van der Waals surface area contributed by atoms with Crippen LogP contribution in [0.4, 0.5) is 5.13 Å². The molecule has 5 aromatic rings. The summed E-state index contributed by atoms with van der Waals surface area (Å²) >= 11 is 7.41. The number of amides is 1. The van der Waals surface area contributed by atoms with Crippen molar-refractivity contribution in [1.29, 1.82) is 0 Å². The number of carbonyl (C=O) groups is 2. The van der Waals surface area contributed by atoms with Crippen LogP contribution in [0, 0.1) is 6.92 Å². The fourth-order valence-corrected chi connectivity index (χ4v) is 5.15. The van der Waals surface area contributed by atoms with E-state index in [0.29, 0.717) is 39.0 Å². The van der Waals surface area contributed by atoms with Crippen LogP contribution in [-0.4, -0.2) is 31.5 Å². The first kappa shape index (κ1) is 24.8. The lowest BCUT2D eigenvalue weighted by molar-refractivity contribution is -0.118. The molecule has 3 aromatic heterocycles. The third-order valence-corrected chi connectivity index (χ3v) is 7.29. The van der Waals surface area contributed by atoms with Gasteiger partial charge >= 0.3 is 0 Å². The van der Waals surface area contributed by atoms with E-state index >= 15 is 0 Å². The van der Waals surface area contributed by atoms with Crippen LogP contribution in [0.5, 0.6) is 0 Å². The molecule has 0 unspecified atom stereocenters. The highest BCUT2D eigenvalue weighted by Gasteiger charge is 2.25. The van der Waals surface area contributed by atoms with E-state index in [0.717, 1.165) is 16.5 Å². The van der Waals surface area contributed by atoms with E-state index in [1.165, 1.54) is 11.3 Å². The van der Waals surface area contributed by atoms with Crippen molar-refractivity contribution in [1.82, 2.24) is 14.5 Å². The molecular formula is C28H23ClN4O3S. The Balaban J connectivity index is 1.57. The largest absolute Gasteiger partial charge is 0.392 e. The third-order valence-electron chi connectivity index (χ3n) is 6.25. The number of aliphatic hydroxyl groups excluding tert-OH is 1. The molecule has 0 spiro atoms. The first-order valence-corrected chi connectivity index (χ1v) is 12.8. The summed E-state index contributed by atoms with van der Waals surface area (Å²) in [4.78, 5) is 37.4. The molecule has 0 saturated heterocycles. The number of thiazole rings is 1. The van der Waals surface area contributed by atoms with Gasteiger partial charge in [0.05, 0.1) is 25.1 Å². The molecule has 9 heteroatoms. The quantitative estimate of drug-likeness (QED) is 0.304. The summed E-state index contributed by atoms with van der Waals surface area (Å²) in [6.45, 7) is 2.04. The van der Waals surface area contributed by atoms with Crippen LogP contribution in [0.2, 0.25) is 5.02 Å². The molecule has 1 N–H and O–H groups in total. The molecule has 2 aromatic carbocycles. The van der Waals surface area contributed by atoms with Crippen LogP contribution in [0.3, 0.4) is 0 Å². The van der Waals surface area contributed by atoms with Crippen molar-refractivity contribution in [3.63, 3.8) is 0 Å². The van der Waals surface area contributed by atoms with Gasteiger partial charge in [-0.15, -0.1) is 11.3 Å². The smallest absolute Gasteiger partial charge is 0.262 e. The number of halogens is 1. The number of nitrogens with zero attached hydrogens (tertiary/aromatic N) is 4. The predicted molar refractivity (Wildman–Crippen MR) is 145 cm³/mol. The number of hydrogen-bond acceptors (Lipinski definition) is 6. The molecule has 3 heterocycles. The molecule has 0 aliphatic rings. The summed E-state index contributed by atoms with van der Waals surface area (Å²) < 4.78 is 1.62. The maximum absolute atomic E-state index is 13.8. The fourth-order valence-electron chi connectivity index (χ4n) is 4.36. The number of anilines is 1. The Morgan fingerprint density at radius 2 is 1.78 bits per heavy atom. The number of carbonyl (C=O) groups excluding carboxylic acids is 2. The zero-order valence-corrected chi connectivity index (χ0v) is 21.5. The minimum atomic E-state index is -0.219. The lowest BCUT2D eigenvalue weighted by Gasteiger charge is -2.20. The average molecular weight is 531 g/mol. The van der Waals surface area contributed by atoms with Crippen LogP contribution in [0.25, 0.3) is 10.9 Å². The summed E-state index contributed by atoms with van der Waals surface area (Å²) in [6, 6.07) is 15.9. The molecule has 0 radical (unpaired) electrons. The predicted octanol–water partition coefficient (Wildman–Crippen LogP) is 5.41. The number of aliphatic hydroxyl groups is 1. The van der Waals surface area contributed by atoms with Gasteiger partial charge in [-0.2, -0.15) is 0 Å². The topological polar surface area (TPSA) is 88.3 Å². The molecule has 1 amide bonds. The Hall–Kier alpha value is -3.85. The Morgan fingerprint density at radius 3 is 2.46 bits per heavy atom. The molecule has 37 heavy (non-hydrogen) atoms. The van der Waals surface area contributed by atoms with Crippen molar-refractivity contribution in [3.05, 3.63) is 112 Å². The molecule has 0 aliphatic carbocycles. The minimum absolute atomic E-state index is 0.0583. The lowest BCUT2D eigenvalue weighted by atomic mass is 10.0. The van der Waals surface area contributed by atoms with Gasteiger partial charge in [0.2, 0.25) is 5.91 Å². The second-order valence-electron chi connectivity index (χ2n) is 8.55. The van der Waals surface area contributed by atoms with E-state index in [4.69, 9.17) is 11.6 Å². The first-order valence-electron chi connectivity index (χ1n) is 11.6. The second-order valence-corrected chi connectivity index (χ2v) is 9.86. The summed E-state index contributed by atoms with van der Waals surface area (Å²) in [5.41, 5.74) is 4.18. The molecule has 0 saturated carbocycles. The molecule has 0 fully saturated rings. The van der Waals surface area contributed by atoms with Gasteiger partial charge in [0.25, 0.3) is 5.91 Å². The van der Waals surface area contributed by atoms with Crippen LogP contribution < -0.4 is 4.90 Å². The number of fused-ring (bicyclic) bond motifs is 1. The van der Waals surface area contributed by atoms with Crippen molar-refractivity contribution in [2.75, 3.05) is 4.90 Å². The van der Waals surface area contributed by atoms with E-state index in [-0.39, 0.29) is 24.8 Å². The highest BCUT2D eigenvalue weighted by atomic mass is 35.5. The van der Waals surface area contributed by atoms with Crippen molar-refractivity contribution in [3.8, 4) is 0 Å². The SMILES string of the molecule is Cc1c(CC(=O)N(Cc2ccncc2)c2nccs2)c2cc(CO)ccc2n1C(=O)c1ccc(Cl)cc1. The second kappa shape index (κ2) is 10.6. The Morgan fingerprint density at radius 1 is 1.03 bits per heavy atom. The molecule has 0 atom stereocenters. The number of pyridine rings is 1. The van der Waals surface area contributed by atoms with E-state index in [1.807, 2.05) is 36.6 Å². The number of aromatic nitrogens is 3. The van der Waals surface area contributed by atoms with E-state index < -0.39 is 0 Å². The van der Waals surface area contributed by atoms with Crippen molar-refractivity contribution >= 4 is 50.8 Å². The number of benzene rings is 2. The van der Waals surface area contributed by atoms with Gasteiger partial charge in [-0.1, -0.05) is 17.7 Å². The summed E-state index contributed by atoms with van der Waals surface area (Å²) in [6.07, 6.45) is 5.11. The van der Waals surface area contributed by atoms with Crippen LogP contribution >= 0.6 is 22.9 Å². The van der Waals surface area contributed by atoms with Gasteiger partial charge in [0.15, 0.2) is 5.13 Å². The van der Waals surface area contributed by atoms with Gasteiger partial charge in [-0.05, 0) is 72.1 Å². The zero-order chi connectivity index (χ0) is 25.9. The monoisotopic (exact) mass is 530 g/mol. The van der Waals surface area contributed by atoms with E-state index in [1.54, 1.807) is 58.4 Å². The zero-order valence-electron chi connectivity index (χ0n) is 20.0.